The van der Waals surface area contributed by atoms with Crippen LogP contribution in [-0.4, -0.2) is 0 Å². The second-order valence-electron chi connectivity index (χ2n) is 4.48. The van der Waals surface area contributed by atoms with Crippen molar-refractivity contribution in [3.8, 4) is 0 Å². The summed E-state index contributed by atoms with van der Waals surface area (Å²) in [5.74, 6) is 0. The third kappa shape index (κ3) is 6.56. The SMILES string of the molecule is [Cl][Pd]([Cl])[Cl].c1ccc(P(c2ccccc2)c2ccccc2)cc1. The van der Waals surface area contributed by atoms with E-state index in [4.69, 9.17) is 28.6 Å². The molecule has 0 saturated carbocycles. The van der Waals surface area contributed by atoms with Crippen LogP contribution in [0.15, 0.2) is 91.0 Å². The average molecular weight is 475 g/mol. The van der Waals surface area contributed by atoms with Crippen molar-refractivity contribution < 1.29 is 13.7 Å². The predicted molar refractivity (Wildman–Crippen MR) is 103 cm³/mol. The van der Waals surface area contributed by atoms with Crippen molar-refractivity contribution in [2.24, 2.45) is 0 Å². The summed E-state index contributed by atoms with van der Waals surface area (Å²) in [5.41, 5.74) is 0. The number of hydrogen-bond acceptors (Lipinski definition) is 0. The number of rotatable bonds is 3. The van der Waals surface area contributed by atoms with E-state index < -0.39 is 21.6 Å². The summed E-state index contributed by atoms with van der Waals surface area (Å²) in [7, 11) is 14.3. The molecule has 0 atom stereocenters. The molecule has 0 aromatic heterocycles. The molecule has 23 heavy (non-hydrogen) atoms. The molecule has 0 aliphatic heterocycles. The predicted octanol–water partition coefficient (Wildman–Crippen LogP) is 5.51. The minimum atomic E-state index is -1.57. The standard InChI is InChI=1S/C18H15P.3ClH.Pd/c1-4-10-16(11-5-1)19(17-12-6-2-7-13-17)18-14-8-3-9-15-18;;;;/h1-15H;3*1H;/q;;;;+3/p-3. The first-order valence-corrected chi connectivity index (χ1v) is 14.1. The van der Waals surface area contributed by atoms with E-state index in [0.29, 0.717) is 0 Å². The molecule has 3 aromatic carbocycles. The molecule has 123 valence electrons. The molecule has 0 amide bonds. The van der Waals surface area contributed by atoms with Crippen LogP contribution in [0.5, 0.6) is 0 Å². The van der Waals surface area contributed by atoms with E-state index in [9.17, 15) is 0 Å². The zero-order chi connectivity index (χ0) is 16.5. The minimum absolute atomic E-state index is 0.446. The van der Waals surface area contributed by atoms with Crippen LogP contribution in [0.4, 0.5) is 0 Å². The van der Waals surface area contributed by atoms with Crippen LogP contribution in [0.3, 0.4) is 0 Å². The molecule has 0 bridgehead atoms. The van der Waals surface area contributed by atoms with Crippen molar-refractivity contribution in [3.63, 3.8) is 0 Å². The maximum atomic E-state index is 4.92. The zero-order valence-electron chi connectivity index (χ0n) is 12.1. The Morgan fingerprint density at radius 1 is 0.478 bits per heavy atom. The molecule has 0 aliphatic carbocycles. The van der Waals surface area contributed by atoms with Crippen molar-refractivity contribution in [1.82, 2.24) is 0 Å². The summed E-state index contributed by atoms with van der Waals surface area (Å²) < 4.78 is 0. The molecule has 0 N–H and O–H groups in total. The Labute approximate surface area is 156 Å². The molecule has 3 aromatic rings. The fourth-order valence-electron chi connectivity index (χ4n) is 2.18. The largest absolute Gasteiger partial charge is 0.0622 e. The Hall–Kier alpha value is -0.378. The summed E-state index contributed by atoms with van der Waals surface area (Å²) >= 11 is -1.57. The summed E-state index contributed by atoms with van der Waals surface area (Å²) in [6.45, 7) is 0. The van der Waals surface area contributed by atoms with Gasteiger partial charge in [-0.05, 0) is 23.8 Å². The van der Waals surface area contributed by atoms with Gasteiger partial charge in [0.25, 0.3) is 0 Å². The number of hydrogen-bond donors (Lipinski definition) is 0. The molecular formula is C18H15Cl3PPd. The van der Waals surface area contributed by atoms with Gasteiger partial charge < -0.3 is 0 Å². The summed E-state index contributed by atoms with van der Waals surface area (Å²) in [4.78, 5) is 0. The van der Waals surface area contributed by atoms with Crippen LogP contribution in [0, 0.1) is 0 Å². The van der Waals surface area contributed by atoms with Crippen molar-refractivity contribution in [1.29, 1.82) is 0 Å². The van der Waals surface area contributed by atoms with Crippen LogP contribution in [0.25, 0.3) is 0 Å². The quantitative estimate of drug-likeness (QED) is 0.347. The smallest absolute Gasteiger partial charge is 0.0134 e. The first-order valence-electron chi connectivity index (χ1n) is 6.76. The fourth-order valence-corrected chi connectivity index (χ4v) is 4.48. The van der Waals surface area contributed by atoms with E-state index in [-0.39, 0.29) is 0 Å². The van der Waals surface area contributed by atoms with Gasteiger partial charge in [0, 0.05) is 0 Å². The second-order valence-corrected chi connectivity index (χ2v) is 13.8. The zero-order valence-corrected chi connectivity index (χ0v) is 16.8. The maximum Gasteiger partial charge on any atom is -0.0134 e. The summed E-state index contributed by atoms with van der Waals surface area (Å²) in [5, 5.41) is 4.19. The van der Waals surface area contributed by atoms with Crippen molar-refractivity contribution in [2.45, 2.75) is 0 Å². The molecule has 3 rings (SSSR count). The van der Waals surface area contributed by atoms with Gasteiger partial charge in [-0.25, -0.2) is 0 Å². The van der Waals surface area contributed by atoms with Gasteiger partial charge >= 0.3 is 42.3 Å². The Bertz CT molecular complexity index is 582. The Kier molecular flexibility index (Phi) is 8.64. The van der Waals surface area contributed by atoms with Crippen molar-refractivity contribution >= 4 is 52.4 Å². The van der Waals surface area contributed by atoms with Crippen LogP contribution in [0.2, 0.25) is 0 Å². The third-order valence-corrected chi connectivity index (χ3v) is 5.49. The summed E-state index contributed by atoms with van der Waals surface area (Å²) in [6, 6.07) is 32.3. The molecular weight excluding hydrogens is 460 g/mol. The third-order valence-electron chi connectivity index (χ3n) is 3.04. The van der Waals surface area contributed by atoms with E-state index in [1.54, 1.807) is 0 Å². The molecule has 0 aliphatic rings. The molecule has 0 spiro atoms. The van der Waals surface area contributed by atoms with Gasteiger partial charge in [0.2, 0.25) is 0 Å². The van der Waals surface area contributed by atoms with Crippen molar-refractivity contribution in [2.75, 3.05) is 0 Å². The van der Waals surface area contributed by atoms with Gasteiger partial charge in [0.1, 0.15) is 0 Å². The van der Waals surface area contributed by atoms with Crippen molar-refractivity contribution in [3.05, 3.63) is 91.0 Å². The van der Waals surface area contributed by atoms with Gasteiger partial charge in [0.15, 0.2) is 0 Å². The van der Waals surface area contributed by atoms with Crippen LogP contribution in [-0.2, 0) is 13.7 Å². The minimum Gasteiger partial charge on any atom is -0.0622 e. The topological polar surface area (TPSA) is 0 Å². The average Bonchev–Trinajstić information content (AvgIpc) is 2.58. The van der Waals surface area contributed by atoms with Gasteiger partial charge in [0.05, 0.1) is 0 Å². The fraction of sp³-hybridized carbons (Fsp3) is 0. The summed E-state index contributed by atoms with van der Waals surface area (Å²) in [6.07, 6.45) is 0. The Balaban J connectivity index is 0.000000433. The molecule has 5 heteroatoms. The van der Waals surface area contributed by atoms with E-state index in [0.717, 1.165) is 0 Å². The molecule has 0 nitrogen and oxygen atoms in total. The molecule has 0 saturated heterocycles. The molecule has 0 radical (unpaired) electrons. The normalized spacial score (nSPS) is 10.7. The van der Waals surface area contributed by atoms with Gasteiger partial charge in [-0.1, -0.05) is 91.0 Å². The van der Waals surface area contributed by atoms with Gasteiger partial charge in [-0.3, -0.25) is 0 Å². The molecule has 0 fully saturated rings. The maximum absolute atomic E-state index is 4.92. The van der Waals surface area contributed by atoms with Gasteiger partial charge in [-0.15, -0.1) is 0 Å². The Morgan fingerprint density at radius 2 is 0.696 bits per heavy atom. The van der Waals surface area contributed by atoms with E-state index in [1.165, 1.54) is 15.9 Å². The van der Waals surface area contributed by atoms with E-state index in [2.05, 4.69) is 91.0 Å². The van der Waals surface area contributed by atoms with E-state index in [1.807, 2.05) is 0 Å². The van der Waals surface area contributed by atoms with Crippen LogP contribution < -0.4 is 15.9 Å². The van der Waals surface area contributed by atoms with E-state index >= 15 is 0 Å². The first kappa shape index (κ1) is 19.0. The molecule has 0 unspecified atom stereocenters. The van der Waals surface area contributed by atoms with Crippen LogP contribution >= 0.6 is 36.5 Å². The second kappa shape index (κ2) is 10.5. The molecule has 0 heterocycles. The number of halogens is 3. The Morgan fingerprint density at radius 3 is 0.913 bits per heavy atom. The van der Waals surface area contributed by atoms with Gasteiger partial charge in [-0.2, -0.15) is 0 Å². The number of benzene rings is 3. The monoisotopic (exact) mass is 473 g/mol. The van der Waals surface area contributed by atoms with Crippen LogP contribution in [0.1, 0.15) is 0 Å². The first-order chi connectivity index (χ1) is 11.2.